The van der Waals surface area contributed by atoms with Gasteiger partial charge in [-0.2, -0.15) is 20.1 Å². The summed E-state index contributed by atoms with van der Waals surface area (Å²) in [5, 5.41) is 6.90. The Balaban J connectivity index is 1.97. The molecule has 0 bridgehead atoms. The van der Waals surface area contributed by atoms with Gasteiger partial charge in [0.15, 0.2) is 0 Å². The SMILES string of the molecule is Nc1nc(Nc2cc(F)ccc2Br)nc(-n2cccn2)n1. The Morgan fingerprint density at radius 1 is 1.24 bits per heavy atom. The van der Waals surface area contributed by atoms with Crippen molar-refractivity contribution in [3.63, 3.8) is 0 Å². The second-order valence-corrected chi connectivity index (χ2v) is 4.87. The zero-order valence-corrected chi connectivity index (χ0v) is 12.1. The van der Waals surface area contributed by atoms with Gasteiger partial charge in [0.05, 0.1) is 5.69 Å². The highest BCUT2D eigenvalue weighted by Crippen LogP contribution is 2.25. The third kappa shape index (κ3) is 2.97. The highest BCUT2D eigenvalue weighted by molar-refractivity contribution is 9.10. The number of nitrogens with one attached hydrogen (secondary N) is 1. The Morgan fingerprint density at radius 2 is 2.10 bits per heavy atom. The van der Waals surface area contributed by atoms with Crippen LogP contribution in [0.2, 0.25) is 0 Å². The third-order valence-corrected chi connectivity index (χ3v) is 3.22. The van der Waals surface area contributed by atoms with Crippen LogP contribution in [0.4, 0.5) is 22.0 Å². The van der Waals surface area contributed by atoms with Gasteiger partial charge >= 0.3 is 0 Å². The lowest BCUT2D eigenvalue weighted by atomic mass is 10.3. The fraction of sp³-hybridized carbons (Fsp3) is 0. The third-order valence-electron chi connectivity index (χ3n) is 2.53. The first-order chi connectivity index (χ1) is 10.1. The minimum absolute atomic E-state index is 0.0329. The number of nitrogen functional groups attached to an aromatic ring is 1. The summed E-state index contributed by atoms with van der Waals surface area (Å²) in [5.74, 6) is 0.113. The molecule has 0 saturated carbocycles. The van der Waals surface area contributed by atoms with Gasteiger partial charge in [-0.3, -0.25) is 0 Å². The van der Waals surface area contributed by atoms with Crippen molar-refractivity contribution in [2.45, 2.75) is 0 Å². The summed E-state index contributed by atoms with van der Waals surface area (Å²) in [7, 11) is 0. The quantitative estimate of drug-likeness (QED) is 0.753. The van der Waals surface area contributed by atoms with Gasteiger partial charge in [0.1, 0.15) is 5.82 Å². The van der Waals surface area contributed by atoms with Crippen molar-refractivity contribution in [2.24, 2.45) is 0 Å². The van der Waals surface area contributed by atoms with Crippen molar-refractivity contribution in [3.8, 4) is 5.95 Å². The van der Waals surface area contributed by atoms with Crippen molar-refractivity contribution in [2.75, 3.05) is 11.1 Å². The van der Waals surface area contributed by atoms with Crippen molar-refractivity contribution >= 4 is 33.5 Å². The molecule has 0 aliphatic carbocycles. The minimum atomic E-state index is -0.380. The zero-order valence-electron chi connectivity index (χ0n) is 10.5. The van der Waals surface area contributed by atoms with E-state index in [1.54, 1.807) is 24.5 Å². The lowest BCUT2D eigenvalue weighted by Gasteiger charge is -2.08. The van der Waals surface area contributed by atoms with Gasteiger partial charge in [0, 0.05) is 16.9 Å². The molecule has 1 aromatic carbocycles. The van der Waals surface area contributed by atoms with Crippen LogP contribution in [0.1, 0.15) is 0 Å². The molecule has 0 spiro atoms. The van der Waals surface area contributed by atoms with Gasteiger partial charge in [-0.05, 0) is 40.2 Å². The van der Waals surface area contributed by atoms with Crippen LogP contribution in [-0.2, 0) is 0 Å². The van der Waals surface area contributed by atoms with Gasteiger partial charge in [0.25, 0.3) is 5.95 Å². The monoisotopic (exact) mass is 349 g/mol. The van der Waals surface area contributed by atoms with E-state index >= 15 is 0 Å². The molecule has 3 aromatic rings. The number of hydrogen-bond donors (Lipinski definition) is 2. The van der Waals surface area contributed by atoms with Crippen molar-refractivity contribution in [1.29, 1.82) is 0 Å². The molecule has 21 heavy (non-hydrogen) atoms. The minimum Gasteiger partial charge on any atom is -0.368 e. The largest absolute Gasteiger partial charge is 0.368 e. The van der Waals surface area contributed by atoms with E-state index in [0.717, 1.165) is 0 Å². The molecule has 0 radical (unpaired) electrons. The van der Waals surface area contributed by atoms with Crippen LogP contribution in [0, 0.1) is 5.82 Å². The number of nitrogens with zero attached hydrogens (tertiary/aromatic N) is 5. The van der Waals surface area contributed by atoms with Crippen LogP contribution >= 0.6 is 15.9 Å². The van der Waals surface area contributed by atoms with Gasteiger partial charge in [-0.15, -0.1) is 0 Å². The van der Waals surface area contributed by atoms with E-state index < -0.39 is 0 Å². The van der Waals surface area contributed by atoms with Crippen LogP contribution in [0.3, 0.4) is 0 Å². The molecule has 0 aliphatic rings. The van der Waals surface area contributed by atoms with Gasteiger partial charge in [0.2, 0.25) is 11.9 Å². The van der Waals surface area contributed by atoms with Crippen LogP contribution in [0.25, 0.3) is 5.95 Å². The lowest BCUT2D eigenvalue weighted by Crippen LogP contribution is -2.09. The maximum absolute atomic E-state index is 13.3. The number of hydrogen-bond acceptors (Lipinski definition) is 6. The fourth-order valence-electron chi connectivity index (χ4n) is 1.64. The number of nitrogens with two attached hydrogens (primary N) is 1. The van der Waals surface area contributed by atoms with E-state index in [4.69, 9.17) is 5.73 Å². The predicted octanol–water partition coefficient (Wildman–Crippen LogP) is 2.28. The van der Waals surface area contributed by atoms with E-state index in [0.29, 0.717) is 10.2 Å². The molecule has 0 fully saturated rings. The van der Waals surface area contributed by atoms with Crippen molar-refractivity contribution in [3.05, 3.63) is 46.9 Å². The summed E-state index contributed by atoms with van der Waals surface area (Å²) in [6.07, 6.45) is 3.27. The van der Waals surface area contributed by atoms with Crippen LogP contribution in [-0.4, -0.2) is 24.7 Å². The summed E-state index contributed by atoms with van der Waals surface area (Å²) in [6.45, 7) is 0. The number of benzene rings is 1. The first-order valence-corrected chi connectivity index (χ1v) is 6.65. The Morgan fingerprint density at radius 3 is 2.86 bits per heavy atom. The Labute approximate surface area is 127 Å². The van der Waals surface area contributed by atoms with Crippen molar-refractivity contribution < 1.29 is 4.39 Å². The molecule has 106 valence electrons. The molecular formula is C12H9BrFN7. The molecule has 0 amide bonds. The summed E-state index contributed by atoms with van der Waals surface area (Å²) in [4.78, 5) is 12.1. The van der Waals surface area contributed by atoms with Crippen molar-refractivity contribution in [1.82, 2.24) is 24.7 Å². The molecule has 0 saturated heterocycles. The van der Waals surface area contributed by atoms with E-state index in [9.17, 15) is 4.39 Å². The Hall–Kier alpha value is -2.55. The highest BCUT2D eigenvalue weighted by Gasteiger charge is 2.09. The second kappa shape index (κ2) is 5.44. The average molecular weight is 350 g/mol. The van der Waals surface area contributed by atoms with Gasteiger partial charge < -0.3 is 11.1 Å². The van der Waals surface area contributed by atoms with Crippen LogP contribution < -0.4 is 11.1 Å². The van der Waals surface area contributed by atoms with Gasteiger partial charge in [-0.1, -0.05) is 0 Å². The maximum atomic E-state index is 13.3. The first kappa shape index (κ1) is 13.4. The molecule has 3 rings (SSSR count). The standard InChI is InChI=1S/C12H9BrFN7/c13-8-3-2-7(14)6-9(8)17-11-18-10(15)19-12(20-11)21-5-1-4-16-21/h1-6H,(H3,15,17,18,19,20). The molecule has 7 nitrogen and oxygen atoms in total. The molecule has 0 atom stereocenters. The zero-order chi connectivity index (χ0) is 14.8. The maximum Gasteiger partial charge on any atom is 0.257 e. The number of anilines is 3. The van der Waals surface area contributed by atoms with Gasteiger partial charge in [-0.25, -0.2) is 9.07 Å². The normalized spacial score (nSPS) is 10.6. The number of rotatable bonds is 3. The Kier molecular flexibility index (Phi) is 3.48. The van der Waals surface area contributed by atoms with E-state index in [1.165, 1.54) is 16.8 Å². The average Bonchev–Trinajstić information content (AvgIpc) is 2.96. The molecular weight excluding hydrogens is 341 g/mol. The van der Waals surface area contributed by atoms with Crippen LogP contribution in [0.15, 0.2) is 41.1 Å². The smallest absolute Gasteiger partial charge is 0.257 e. The highest BCUT2D eigenvalue weighted by atomic mass is 79.9. The topological polar surface area (TPSA) is 94.5 Å². The summed E-state index contributed by atoms with van der Waals surface area (Å²) in [5.41, 5.74) is 6.14. The summed E-state index contributed by atoms with van der Waals surface area (Å²) >= 11 is 3.31. The molecule has 3 N–H and O–H groups in total. The van der Waals surface area contributed by atoms with E-state index in [2.05, 4.69) is 41.3 Å². The summed E-state index contributed by atoms with van der Waals surface area (Å²) < 4.78 is 15.4. The lowest BCUT2D eigenvalue weighted by molar-refractivity contribution is 0.628. The molecule has 9 heteroatoms. The molecule has 0 aliphatic heterocycles. The molecule has 0 unspecified atom stereocenters. The molecule has 2 heterocycles. The number of aromatic nitrogens is 5. The van der Waals surface area contributed by atoms with E-state index in [1.807, 2.05) is 0 Å². The second-order valence-electron chi connectivity index (χ2n) is 4.02. The van der Waals surface area contributed by atoms with Crippen LogP contribution in [0.5, 0.6) is 0 Å². The predicted molar refractivity (Wildman–Crippen MR) is 78.7 cm³/mol. The summed E-state index contributed by atoms with van der Waals surface area (Å²) in [6, 6.07) is 5.97. The Bertz CT molecular complexity index is 775. The molecule has 2 aromatic heterocycles. The number of halogens is 2. The first-order valence-electron chi connectivity index (χ1n) is 5.85. The fourth-order valence-corrected chi connectivity index (χ4v) is 1.99. The van der Waals surface area contributed by atoms with E-state index in [-0.39, 0.29) is 23.7 Å².